The van der Waals surface area contributed by atoms with Crippen LogP contribution in [0.2, 0.25) is 0 Å². The van der Waals surface area contributed by atoms with E-state index >= 15 is 0 Å². The van der Waals surface area contributed by atoms with Crippen LogP contribution >= 0.6 is 34.8 Å². The predicted octanol–water partition coefficient (Wildman–Crippen LogP) is 7.18. The third kappa shape index (κ3) is 9.70. The van der Waals surface area contributed by atoms with Crippen LogP contribution in [0.15, 0.2) is 72.8 Å². The molecule has 2 N–H and O–H groups in total. The number of aliphatic hydroxyl groups excluding tert-OH is 1. The van der Waals surface area contributed by atoms with Crippen LogP contribution in [-0.2, 0) is 37.0 Å². The Morgan fingerprint density at radius 2 is 1.64 bits per heavy atom. The largest absolute Gasteiger partial charge is 0.459 e. The summed E-state index contributed by atoms with van der Waals surface area (Å²) < 4.78 is 16.9. The van der Waals surface area contributed by atoms with Crippen molar-refractivity contribution in [2.75, 3.05) is 13.1 Å². The Hall–Kier alpha value is -2.69. The Labute approximate surface area is 291 Å². The number of likely N-dealkylation sites (tertiary alicyclic amines) is 1. The van der Waals surface area contributed by atoms with Crippen molar-refractivity contribution in [3.05, 3.63) is 95.1 Å². The lowest BCUT2D eigenvalue weighted by molar-refractivity contribution is -0.253. The van der Waals surface area contributed by atoms with Gasteiger partial charge in [-0.1, -0.05) is 95.5 Å². The fourth-order valence-corrected chi connectivity index (χ4v) is 6.18. The highest BCUT2D eigenvalue weighted by molar-refractivity contribution is 6.76. The van der Waals surface area contributed by atoms with Gasteiger partial charge in [-0.15, -0.1) is 0 Å². The van der Waals surface area contributed by atoms with Crippen molar-refractivity contribution in [1.29, 1.82) is 0 Å². The molecule has 0 bridgehead atoms. The maximum Gasteiger partial charge on any atom is 0.323 e. The minimum atomic E-state index is -2.03. The van der Waals surface area contributed by atoms with Crippen LogP contribution in [-0.4, -0.2) is 56.5 Å². The molecule has 8 nitrogen and oxygen atoms in total. The molecule has 3 aromatic rings. The lowest BCUT2D eigenvalue weighted by Crippen LogP contribution is -2.45. The fraction of sp³-hybridized carbons (Fsp3) is 0.444. The first-order chi connectivity index (χ1) is 22.3. The Morgan fingerprint density at radius 3 is 2.32 bits per heavy atom. The van der Waals surface area contributed by atoms with Gasteiger partial charge in [0.15, 0.2) is 6.29 Å². The zero-order valence-electron chi connectivity index (χ0n) is 26.8. The molecule has 0 spiro atoms. The zero-order valence-corrected chi connectivity index (χ0v) is 29.0. The van der Waals surface area contributed by atoms with E-state index in [1.54, 1.807) is 0 Å². The van der Waals surface area contributed by atoms with Gasteiger partial charge in [-0.25, -0.2) is 0 Å². The van der Waals surface area contributed by atoms with Crippen LogP contribution < -0.4 is 5.32 Å². The molecular formula is C36H41Cl3N2O6. The summed E-state index contributed by atoms with van der Waals surface area (Å²) in [7, 11) is 0. The van der Waals surface area contributed by atoms with Gasteiger partial charge in [0.25, 0.3) is 9.70 Å². The summed E-state index contributed by atoms with van der Waals surface area (Å²) >= 11 is 17.1. The van der Waals surface area contributed by atoms with E-state index in [4.69, 9.17) is 49.0 Å². The predicted molar refractivity (Wildman–Crippen MR) is 183 cm³/mol. The monoisotopic (exact) mass is 702 g/mol. The summed E-state index contributed by atoms with van der Waals surface area (Å²) in [6.45, 7) is 7.19. The first-order valence-electron chi connectivity index (χ1n) is 15.8. The molecule has 0 unspecified atom stereocenters. The number of ether oxygens (including phenoxy) is 3. The van der Waals surface area contributed by atoms with Gasteiger partial charge in [0.05, 0.1) is 18.8 Å². The molecule has 1 amide bonds. The first kappa shape index (κ1) is 35.6. The number of carbonyl (C=O) groups is 2. The molecule has 4 atom stereocenters. The molecule has 0 aromatic heterocycles. The second-order valence-electron chi connectivity index (χ2n) is 13.0. The fourth-order valence-electron chi connectivity index (χ4n) is 5.98. The lowest BCUT2D eigenvalue weighted by atomic mass is 9.98. The molecule has 2 aliphatic rings. The van der Waals surface area contributed by atoms with Crippen molar-refractivity contribution in [1.82, 2.24) is 10.2 Å². The summed E-state index contributed by atoms with van der Waals surface area (Å²) in [5.41, 5.74) is 4.84. The molecule has 5 rings (SSSR count). The molecule has 0 saturated carbocycles. The lowest BCUT2D eigenvalue weighted by Gasteiger charge is -2.38. The molecule has 2 fully saturated rings. The number of hydrogen-bond donors (Lipinski definition) is 2. The van der Waals surface area contributed by atoms with Crippen LogP contribution in [0.3, 0.4) is 0 Å². The Balaban J connectivity index is 1.37. The molecule has 47 heavy (non-hydrogen) atoms. The van der Waals surface area contributed by atoms with E-state index in [0.29, 0.717) is 13.0 Å². The van der Waals surface area contributed by atoms with Crippen LogP contribution in [0.4, 0.5) is 0 Å². The normalized spacial score (nSPS) is 22.2. The zero-order chi connectivity index (χ0) is 33.8. The van der Waals surface area contributed by atoms with Crippen LogP contribution in [0.5, 0.6) is 0 Å². The SMILES string of the molecule is CC(C)(C)OC(=O)[C@@H]1CCCN1C[C@H]1C[C@@H](c2ccc(CO)cc2)O[C@@H](c2cccc(-c3cccc(CNC(=O)C(Cl)(Cl)Cl)c3)c2)O1. The number of esters is 1. The van der Waals surface area contributed by atoms with Crippen LogP contribution in [0.1, 0.15) is 74.7 Å². The smallest absolute Gasteiger partial charge is 0.323 e. The van der Waals surface area contributed by atoms with Gasteiger partial charge >= 0.3 is 5.97 Å². The van der Waals surface area contributed by atoms with Crippen molar-refractivity contribution >= 4 is 46.7 Å². The van der Waals surface area contributed by atoms with E-state index in [9.17, 15) is 14.7 Å². The number of hydrogen-bond acceptors (Lipinski definition) is 7. The summed E-state index contributed by atoms with van der Waals surface area (Å²) in [4.78, 5) is 27.3. The summed E-state index contributed by atoms with van der Waals surface area (Å²) in [5.74, 6) is -0.889. The Morgan fingerprint density at radius 1 is 0.936 bits per heavy atom. The standard InChI is InChI=1S/C36H41Cl3N2O6/c1-35(2,3)47-32(43)30-11-6-16-41(30)21-29-19-31(25-14-12-23(22-42)13-15-25)46-33(45-29)28-10-5-9-27(18-28)26-8-4-7-24(17-26)20-40-34(44)36(37,38)39/h4-5,7-10,12-15,17-18,29-31,33,42H,6,11,16,19-22H2,1-3H3,(H,40,44)/t29-,30+,31+,33+/m1/s1. The molecule has 11 heteroatoms. The third-order valence-electron chi connectivity index (χ3n) is 8.23. The van der Waals surface area contributed by atoms with E-state index in [-0.39, 0.29) is 37.4 Å². The maximum absolute atomic E-state index is 13.1. The molecule has 2 heterocycles. The summed E-state index contributed by atoms with van der Waals surface area (Å²) in [6, 6.07) is 23.2. The number of carbonyl (C=O) groups excluding carboxylic acids is 2. The van der Waals surface area contributed by atoms with Crippen molar-refractivity contribution in [3.63, 3.8) is 0 Å². The molecule has 2 aliphatic heterocycles. The van der Waals surface area contributed by atoms with E-state index in [1.807, 2.05) is 93.6 Å². The number of rotatable bonds is 9. The molecule has 252 valence electrons. The number of aliphatic hydroxyl groups is 1. The number of alkyl halides is 3. The molecule has 0 aliphatic carbocycles. The third-order valence-corrected chi connectivity index (χ3v) is 8.74. The maximum atomic E-state index is 13.1. The summed E-state index contributed by atoms with van der Waals surface area (Å²) in [5, 5.41) is 12.2. The quantitative estimate of drug-likeness (QED) is 0.180. The van der Waals surface area contributed by atoms with E-state index in [0.717, 1.165) is 52.8 Å². The number of nitrogens with one attached hydrogen (secondary N) is 1. The number of halogens is 3. The highest BCUT2D eigenvalue weighted by atomic mass is 35.6. The number of benzene rings is 3. The van der Waals surface area contributed by atoms with Crippen molar-refractivity contribution < 1.29 is 28.9 Å². The highest BCUT2D eigenvalue weighted by Gasteiger charge is 2.39. The average molecular weight is 704 g/mol. The van der Waals surface area contributed by atoms with Gasteiger partial charge < -0.3 is 24.6 Å². The van der Waals surface area contributed by atoms with Crippen molar-refractivity contribution in [3.8, 4) is 11.1 Å². The topological polar surface area (TPSA) is 97.3 Å². The van der Waals surface area contributed by atoms with Gasteiger partial charge in [-0.2, -0.15) is 0 Å². The minimum absolute atomic E-state index is 0.0333. The molecule has 3 aromatic carbocycles. The van der Waals surface area contributed by atoms with Gasteiger partial charge in [0, 0.05) is 25.1 Å². The van der Waals surface area contributed by atoms with Gasteiger partial charge in [0.1, 0.15) is 11.6 Å². The number of amides is 1. The molecule has 2 saturated heterocycles. The van der Waals surface area contributed by atoms with Crippen molar-refractivity contribution in [2.45, 2.75) is 87.1 Å². The summed E-state index contributed by atoms with van der Waals surface area (Å²) in [6.07, 6.45) is 1.13. The second kappa shape index (κ2) is 15.2. The molecule has 0 radical (unpaired) electrons. The van der Waals surface area contributed by atoms with E-state index in [1.165, 1.54) is 0 Å². The first-order valence-corrected chi connectivity index (χ1v) is 16.9. The van der Waals surface area contributed by atoms with E-state index < -0.39 is 21.6 Å². The second-order valence-corrected chi connectivity index (χ2v) is 15.3. The van der Waals surface area contributed by atoms with Crippen molar-refractivity contribution in [2.24, 2.45) is 0 Å². The highest BCUT2D eigenvalue weighted by Crippen LogP contribution is 2.40. The molecular weight excluding hydrogens is 663 g/mol. The van der Waals surface area contributed by atoms with E-state index in [2.05, 4.69) is 10.2 Å². The van der Waals surface area contributed by atoms with Gasteiger partial charge in [0.2, 0.25) is 0 Å². The Kier molecular flexibility index (Phi) is 11.6. The van der Waals surface area contributed by atoms with Crippen LogP contribution in [0, 0.1) is 0 Å². The van der Waals surface area contributed by atoms with Crippen LogP contribution in [0.25, 0.3) is 11.1 Å². The minimum Gasteiger partial charge on any atom is -0.459 e. The Bertz CT molecular complexity index is 1540. The van der Waals surface area contributed by atoms with Gasteiger partial charge in [-0.05, 0) is 80.1 Å². The van der Waals surface area contributed by atoms with Gasteiger partial charge in [-0.3, -0.25) is 14.5 Å². The average Bonchev–Trinajstić information content (AvgIpc) is 3.51. The number of nitrogens with zero attached hydrogens (tertiary/aromatic N) is 1.